The lowest BCUT2D eigenvalue weighted by molar-refractivity contribution is -0.384. The molecule has 25 heavy (non-hydrogen) atoms. The largest absolute Gasteiger partial charge is 0.350 e. The third kappa shape index (κ3) is 4.18. The molecule has 1 saturated heterocycles. The van der Waals surface area contributed by atoms with Gasteiger partial charge in [0, 0.05) is 23.1 Å². The van der Waals surface area contributed by atoms with Crippen LogP contribution >= 0.6 is 22.9 Å². The molecule has 1 amide bonds. The third-order valence-corrected chi connectivity index (χ3v) is 5.61. The lowest BCUT2D eigenvalue weighted by Crippen LogP contribution is -2.36. The van der Waals surface area contributed by atoms with Crippen molar-refractivity contribution in [3.8, 4) is 0 Å². The Morgan fingerprint density at radius 1 is 1.36 bits per heavy atom. The molecule has 132 valence electrons. The minimum Gasteiger partial charge on any atom is -0.350 e. The first-order chi connectivity index (χ1) is 12.1. The normalized spacial score (nSPS) is 15.9. The molecule has 2 aromatic rings. The highest BCUT2D eigenvalue weighted by Crippen LogP contribution is 2.28. The van der Waals surface area contributed by atoms with Crippen LogP contribution in [0, 0.1) is 10.1 Å². The summed E-state index contributed by atoms with van der Waals surface area (Å²) in [4.78, 5) is 26.4. The predicted molar refractivity (Wildman–Crippen MR) is 98.3 cm³/mol. The number of nitro groups is 1. The summed E-state index contributed by atoms with van der Waals surface area (Å²) < 4.78 is 0. The molecular weight excluding hydrogens is 362 g/mol. The van der Waals surface area contributed by atoms with Crippen LogP contribution in [0.4, 0.5) is 5.69 Å². The second kappa shape index (κ2) is 7.95. The molecule has 0 saturated carbocycles. The number of amides is 1. The molecule has 0 unspecified atom stereocenters. The Kier molecular flexibility index (Phi) is 5.67. The van der Waals surface area contributed by atoms with Crippen molar-refractivity contribution in [1.82, 2.24) is 10.2 Å². The molecule has 1 aliphatic heterocycles. The maximum atomic E-state index is 12.4. The van der Waals surface area contributed by atoms with Gasteiger partial charge in [-0.3, -0.25) is 19.8 Å². The summed E-state index contributed by atoms with van der Waals surface area (Å²) in [6, 6.07) is 8.31. The Bertz CT molecular complexity index is 761. The van der Waals surface area contributed by atoms with Crippen molar-refractivity contribution < 1.29 is 9.72 Å². The molecule has 8 heteroatoms. The fraction of sp³-hybridized carbons (Fsp3) is 0.353. The van der Waals surface area contributed by atoms with Gasteiger partial charge < -0.3 is 5.32 Å². The predicted octanol–water partition coefficient (Wildman–Crippen LogP) is 3.88. The minimum atomic E-state index is -0.586. The van der Waals surface area contributed by atoms with Gasteiger partial charge in [0.05, 0.1) is 11.0 Å². The van der Waals surface area contributed by atoms with E-state index in [1.54, 1.807) is 11.3 Å². The topological polar surface area (TPSA) is 75.5 Å². The van der Waals surface area contributed by atoms with Gasteiger partial charge >= 0.3 is 0 Å². The summed E-state index contributed by atoms with van der Waals surface area (Å²) >= 11 is 7.47. The Morgan fingerprint density at radius 3 is 2.76 bits per heavy atom. The zero-order valence-corrected chi connectivity index (χ0v) is 15.1. The van der Waals surface area contributed by atoms with Gasteiger partial charge in [-0.05, 0) is 49.5 Å². The summed E-state index contributed by atoms with van der Waals surface area (Å²) in [7, 11) is 0. The Balaban J connectivity index is 1.71. The number of hydrogen-bond donors (Lipinski definition) is 1. The van der Waals surface area contributed by atoms with E-state index in [9.17, 15) is 14.9 Å². The van der Waals surface area contributed by atoms with Gasteiger partial charge in [-0.25, -0.2) is 0 Å². The van der Waals surface area contributed by atoms with E-state index < -0.39 is 4.92 Å². The van der Waals surface area contributed by atoms with Crippen LogP contribution in [0.2, 0.25) is 5.02 Å². The van der Waals surface area contributed by atoms with Crippen LogP contribution in [0.5, 0.6) is 0 Å². The SMILES string of the molecule is O=C(NC[C@@H](c1cccs1)N1CCCC1)c1ccc(Cl)c([N+](=O)[O-])c1. The first kappa shape index (κ1) is 17.8. The molecule has 1 aliphatic rings. The van der Waals surface area contributed by atoms with Gasteiger partial charge in [0.25, 0.3) is 11.6 Å². The number of nitrogens with zero attached hydrogens (tertiary/aromatic N) is 2. The van der Waals surface area contributed by atoms with Crippen LogP contribution in [0.25, 0.3) is 0 Å². The fourth-order valence-electron chi connectivity index (χ4n) is 3.03. The smallest absolute Gasteiger partial charge is 0.288 e. The van der Waals surface area contributed by atoms with Crippen molar-refractivity contribution in [2.45, 2.75) is 18.9 Å². The highest BCUT2D eigenvalue weighted by molar-refractivity contribution is 7.10. The van der Waals surface area contributed by atoms with E-state index in [0.29, 0.717) is 6.54 Å². The molecule has 1 aromatic heterocycles. The first-order valence-electron chi connectivity index (χ1n) is 8.06. The molecule has 1 N–H and O–H groups in total. The van der Waals surface area contributed by atoms with Crippen LogP contribution in [0.1, 0.15) is 34.1 Å². The fourth-order valence-corrected chi connectivity index (χ4v) is 4.08. The van der Waals surface area contributed by atoms with Crippen LogP contribution < -0.4 is 5.32 Å². The highest BCUT2D eigenvalue weighted by atomic mass is 35.5. The monoisotopic (exact) mass is 379 g/mol. The van der Waals surface area contributed by atoms with Gasteiger partial charge in [0.1, 0.15) is 5.02 Å². The standard InChI is InChI=1S/C17H18ClN3O3S/c18-13-6-5-12(10-14(13)21(23)24)17(22)19-11-15(16-4-3-9-25-16)20-7-1-2-8-20/h3-6,9-10,15H,1-2,7-8,11H2,(H,19,22)/t15-/m0/s1. The van der Waals surface area contributed by atoms with E-state index in [1.807, 2.05) is 11.4 Å². The average Bonchev–Trinajstić information content (AvgIpc) is 3.29. The number of hydrogen-bond acceptors (Lipinski definition) is 5. The number of halogens is 1. The highest BCUT2D eigenvalue weighted by Gasteiger charge is 2.25. The van der Waals surface area contributed by atoms with E-state index in [4.69, 9.17) is 11.6 Å². The lowest BCUT2D eigenvalue weighted by atomic mass is 10.1. The second-order valence-electron chi connectivity index (χ2n) is 5.91. The molecule has 0 spiro atoms. The number of nitro benzene ring substituents is 1. The number of thiophene rings is 1. The second-order valence-corrected chi connectivity index (χ2v) is 7.29. The van der Waals surface area contributed by atoms with Gasteiger partial charge in [0.2, 0.25) is 0 Å². The quantitative estimate of drug-likeness (QED) is 0.610. The zero-order valence-electron chi connectivity index (χ0n) is 13.5. The molecule has 1 atom stereocenters. The van der Waals surface area contributed by atoms with Crippen molar-refractivity contribution >= 4 is 34.5 Å². The Hall–Kier alpha value is -1.96. The number of likely N-dealkylation sites (tertiary alicyclic amines) is 1. The molecule has 1 aromatic carbocycles. The third-order valence-electron chi connectivity index (χ3n) is 4.31. The van der Waals surface area contributed by atoms with Gasteiger partial charge in [-0.15, -0.1) is 11.3 Å². The number of rotatable bonds is 6. The molecule has 0 bridgehead atoms. The van der Waals surface area contributed by atoms with Crippen LogP contribution in [0.15, 0.2) is 35.7 Å². The van der Waals surface area contributed by atoms with E-state index in [-0.39, 0.29) is 28.2 Å². The van der Waals surface area contributed by atoms with Crippen molar-refractivity contribution in [2.75, 3.05) is 19.6 Å². The molecule has 1 fully saturated rings. The Labute approximate surface area is 154 Å². The van der Waals surface area contributed by atoms with Gasteiger partial charge in [-0.2, -0.15) is 0 Å². The molecule has 6 nitrogen and oxygen atoms in total. The molecule has 0 aliphatic carbocycles. The Morgan fingerprint density at radius 2 is 2.12 bits per heavy atom. The number of carbonyl (C=O) groups excluding carboxylic acids is 1. The summed E-state index contributed by atoms with van der Waals surface area (Å²) in [5.41, 5.74) is -0.0221. The maximum Gasteiger partial charge on any atom is 0.288 e. The summed E-state index contributed by atoms with van der Waals surface area (Å²) in [6.07, 6.45) is 2.33. The molecule has 2 heterocycles. The lowest BCUT2D eigenvalue weighted by Gasteiger charge is -2.26. The number of benzene rings is 1. The summed E-state index contributed by atoms with van der Waals surface area (Å²) in [5.74, 6) is -0.333. The van der Waals surface area contributed by atoms with E-state index in [1.165, 1.54) is 35.9 Å². The molecular formula is C17H18ClN3O3S. The maximum absolute atomic E-state index is 12.4. The van der Waals surface area contributed by atoms with Gasteiger partial charge in [-0.1, -0.05) is 17.7 Å². The van der Waals surface area contributed by atoms with Crippen molar-refractivity contribution in [3.63, 3.8) is 0 Å². The molecule has 0 radical (unpaired) electrons. The zero-order chi connectivity index (χ0) is 17.8. The van der Waals surface area contributed by atoms with Crippen LogP contribution in [-0.4, -0.2) is 35.4 Å². The summed E-state index contributed by atoms with van der Waals surface area (Å²) in [6.45, 7) is 2.51. The van der Waals surface area contributed by atoms with Crippen molar-refractivity contribution in [3.05, 3.63) is 61.3 Å². The summed E-state index contributed by atoms with van der Waals surface area (Å²) in [5, 5.41) is 15.9. The van der Waals surface area contributed by atoms with E-state index >= 15 is 0 Å². The van der Waals surface area contributed by atoms with Crippen molar-refractivity contribution in [2.24, 2.45) is 0 Å². The molecule has 3 rings (SSSR count). The van der Waals surface area contributed by atoms with E-state index in [2.05, 4.69) is 16.3 Å². The minimum absolute atomic E-state index is 0.0232. The number of carbonyl (C=O) groups is 1. The van der Waals surface area contributed by atoms with Gasteiger partial charge in [0.15, 0.2) is 0 Å². The van der Waals surface area contributed by atoms with Crippen molar-refractivity contribution in [1.29, 1.82) is 0 Å². The van der Waals surface area contributed by atoms with Crippen LogP contribution in [-0.2, 0) is 0 Å². The first-order valence-corrected chi connectivity index (χ1v) is 9.31. The van der Waals surface area contributed by atoms with Crippen LogP contribution in [0.3, 0.4) is 0 Å². The van der Waals surface area contributed by atoms with E-state index in [0.717, 1.165) is 13.1 Å². The number of nitrogens with one attached hydrogen (secondary N) is 1. The average molecular weight is 380 g/mol.